The summed E-state index contributed by atoms with van der Waals surface area (Å²) in [5.41, 5.74) is 0. The largest absolute Gasteiger partial charge is 0.381 e. The van der Waals surface area contributed by atoms with E-state index in [2.05, 4.69) is 19.2 Å². The van der Waals surface area contributed by atoms with Crippen LogP contribution in [0.5, 0.6) is 0 Å². The zero-order valence-electron chi connectivity index (χ0n) is 8.88. The summed E-state index contributed by atoms with van der Waals surface area (Å²) < 4.78 is 10.7. The Balaban J connectivity index is 2.44. The van der Waals surface area contributed by atoms with Crippen LogP contribution in [0.4, 0.5) is 0 Å². The molecule has 0 amide bonds. The first kappa shape index (κ1) is 11.0. The predicted octanol–water partition coefficient (Wildman–Crippen LogP) is 1.04. The van der Waals surface area contributed by atoms with E-state index in [0.29, 0.717) is 12.0 Å². The summed E-state index contributed by atoms with van der Waals surface area (Å²) in [4.78, 5) is 0. The van der Waals surface area contributed by atoms with Crippen molar-refractivity contribution < 1.29 is 9.47 Å². The average Bonchev–Trinajstić information content (AvgIpc) is 2.65. The van der Waals surface area contributed by atoms with E-state index in [1.807, 2.05) is 0 Å². The average molecular weight is 187 g/mol. The third-order valence-electron chi connectivity index (χ3n) is 2.79. The fraction of sp³-hybridized carbons (Fsp3) is 1.00. The fourth-order valence-electron chi connectivity index (χ4n) is 1.93. The lowest BCUT2D eigenvalue weighted by atomic mass is 9.95. The van der Waals surface area contributed by atoms with Crippen molar-refractivity contribution >= 4 is 0 Å². The van der Waals surface area contributed by atoms with Crippen LogP contribution in [-0.4, -0.2) is 39.0 Å². The number of hydrogen-bond acceptors (Lipinski definition) is 3. The zero-order valence-corrected chi connectivity index (χ0v) is 8.88. The van der Waals surface area contributed by atoms with Crippen LogP contribution in [0.2, 0.25) is 0 Å². The number of ether oxygens (including phenoxy) is 2. The van der Waals surface area contributed by atoms with Crippen LogP contribution in [0.25, 0.3) is 0 Å². The molecule has 3 unspecified atom stereocenters. The first-order chi connectivity index (χ1) is 6.29. The van der Waals surface area contributed by atoms with Gasteiger partial charge >= 0.3 is 0 Å². The molecule has 1 heterocycles. The molecule has 0 bridgehead atoms. The Kier molecular flexibility index (Phi) is 4.70. The molecule has 0 saturated carbocycles. The normalized spacial score (nSPS) is 27.5. The molecule has 1 saturated heterocycles. The van der Waals surface area contributed by atoms with Crippen molar-refractivity contribution in [2.45, 2.75) is 32.4 Å². The summed E-state index contributed by atoms with van der Waals surface area (Å²) in [6.45, 7) is 7.03. The van der Waals surface area contributed by atoms with Gasteiger partial charge < -0.3 is 14.8 Å². The van der Waals surface area contributed by atoms with Crippen molar-refractivity contribution in [3.8, 4) is 0 Å². The van der Waals surface area contributed by atoms with Gasteiger partial charge in [0.1, 0.15) is 0 Å². The Morgan fingerprint density at radius 2 is 2.38 bits per heavy atom. The zero-order chi connectivity index (χ0) is 9.68. The monoisotopic (exact) mass is 187 g/mol. The van der Waals surface area contributed by atoms with Gasteiger partial charge in [-0.15, -0.1) is 0 Å². The highest BCUT2D eigenvalue weighted by atomic mass is 16.5. The number of likely N-dealkylation sites (N-methyl/N-ethyl adjacent to an activating group) is 1. The number of methoxy groups -OCH3 is 1. The fourth-order valence-corrected chi connectivity index (χ4v) is 1.93. The Labute approximate surface area is 80.8 Å². The molecule has 1 fully saturated rings. The summed E-state index contributed by atoms with van der Waals surface area (Å²) in [5.74, 6) is 0.620. The standard InChI is InChI=1S/C10H21NO2/c1-4-11-10(8(2)12-3)9-5-6-13-7-9/h8-11H,4-7H2,1-3H3. The highest BCUT2D eigenvalue weighted by Gasteiger charge is 2.29. The van der Waals surface area contributed by atoms with Crippen molar-refractivity contribution in [2.24, 2.45) is 5.92 Å². The highest BCUT2D eigenvalue weighted by molar-refractivity contribution is 4.83. The predicted molar refractivity (Wildman–Crippen MR) is 52.9 cm³/mol. The Hall–Kier alpha value is -0.120. The van der Waals surface area contributed by atoms with Crippen LogP contribution in [0.15, 0.2) is 0 Å². The molecule has 3 atom stereocenters. The van der Waals surface area contributed by atoms with Gasteiger partial charge in [0, 0.05) is 25.7 Å². The summed E-state index contributed by atoms with van der Waals surface area (Å²) >= 11 is 0. The summed E-state index contributed by atoms with van der Waals surface area (Å²) in [7, 11) is 1.77. The topological polar surface area (TPSA) is 30.5 Å². The molecule has 0 aromatic carbocycles. The molecule has 1 aliphatic rings. The Morgan fingerprint density at radius 1 is 1.62 bits per heavy atom. The van der Waals surface area contributed by atoms with Crippen molar-refractivity contribution in [1.29, 1.82) is 0 Å². The summed E-state index contributed by atoms with van der Waals surface area (Å²) in [6, 6.07) is 0.442. The molecule has 0 spiro atoms. The summed E-state index contributed by atoms with van der Waals surface area (Å²) in [6.07, 6.45) is 1.43. The Bertz CT molecular complexity index is 135. The van der Waals surface area contributed by atoms with Gasteiger partial charge in [0.15, 0.2) is 0 Å². The maximum absolute atomic E-state index is 5.38. The van der Waals surface area contributed by atoms with Crippen LogP contribution >= 0.6 is 0 Å². The van der Waals surface area contributed by atoms with Crippen molar-refractivity contribution in [3.63, 3.8) is 0 Å². The van der Waals surface area contributed by atoms with E-state index in [9.17, 15) is 0 Å². The second kappa shape index (κ2) is 5.58. The quantitative estimate of drug-likeness (QED) is 0.697. The SMILES string of the molecule is CCNC(C1CCOC1)C(C)OC. The number of rotatable bonds is 5. The van der Waals surface area contributed by atoms with E-state index in [1.165, 1.54) is 0 Å². The first-order valence-corrected chi connectivity index (χ1v) is 5.13. The van der Waals surface area contributed by atoms with Gasteiger partial charge in [0.25, 0.3) is 0 Å². The Morgan fingerprint density at radius 3 is 2.85 bits per heavy atom. The van der Waals surface area contributed by atoms with Gasteiger partial charge in [0.2, 0.25) is 0 Å². The first-order valence-electron chi connectivity index (χ1n) is 5.13. The van der Waals surface area contributed by atoms with E-state index >= 15 is 0 Å². The van der Waals surface area contributed by atoms with Gasteiger partial charge in [-0.3, -0.25) is 0 Å². The molecule has 0 radical (unpaired) electrons. The molecule has 13 heavy (non-hydrogen) atoms. The second-order valence-electron chi connectivity index (χ2n) is 3.65. The maximum Gasteiger partial charge on any atom is 0.0699 e. The number of hydrogen-bond donors (Lipinski definition) is 1. The van der Waals surface area contributed by atoms with Crippen LogP contribution in [0.1, 0.15) is 20.3 Å². The molecular weight excluding hydrogens is 166 g/mol. The molecule has 0 aromatic heterocycles. The van der Waals surface area contributed by atoms with Gasteiger partial charge in [-0.1, -0.05) is 6.92 Å². The van der Waals surface area contributed by atoms with Crippen molar-refractivity contribution in [1.82, 2.24) is 5.32 Å². The minimum atomic E-state index is 0.270. The summed E-state index contributed by atoms with van der Waals surface area (Å²) in [5, 5.41) is 3.47. The third-order valence-corrected chi connectivity index (χ3v) is 2.79. The van der Waals surface area contributed by atoms with Crippen molar-refractivity contribution in [3.05, 3.63) is 0 Å². The van der Waals surface area contributed by atoms with Crippen molar-refractivity contribution in [2.75, 3.05) is 26.9 Å². The van der Waals surface area contributed by atoms with Crippen LogP contribution in [-0.2, 0) is 9.47 Å². The van der Waals surface area contributed by atoms with Gasteiger partial charge in [0.05, 0.1) is 12.7 Å². The third kappa shape index (κ3) is 2.93. The lowest BCUT2D eigenvalue weighted by molar-refractivity contribution is 0.0574. The molecule has 1 N–H and O–H groups in total. The molecule has 1 rings (SSSR count). The van der Waals surface area contributed by atoms with Crippen LogP contribution in [0, 0.1) is 5.92 Å². The van der Waals surface area contributed by atoms with Gasteiger partial charge in [-0.2, -0.15) is 0 Å². The van der Waals surface area contributed by atoms with Crippen LogP contribution < -0.4 is 5.32 Å². The molecule has 3 heteroatoms. The van der Waals surface area contributed by atoms with Crippen LogP contribution in [0.3, 0.4) is 0 Å². The van der Waals surface area contributed by atoms with E-state index in [1.54, 1.807) is 7.11 Å². The van der Waals surface area contributed by atoms with E-state index in [0.717, 1.165) is 26.2 Å². The van der Waals surface area contributed by atoms with Gasteiger partial charge in [-0.25, -0.2) is 0 Å². The molecule has 0 aromatic rings. The maximum atomic E-state index is 5.38. The van der Waals surface area contributed by atoms with E-state index in [4.69, 9.17) is 9.47 Å². The smallest absolute Gasteiger partial charge is 0.0699 e. The number of nitrogens with one attached hydrogen (secondary N) is 1. The minimum Gasteiger partial charge on any atom is -0.381 e. The molecule has 0 aliphatic carbocycles. The van der Waals surface area contributed by atoms with E-state index < -0.39 is 0 Å². The minimum absolute atomic E-state index is 0.270. The molecule has 3 nitrogen and oxygen atoms in total. The van der Waals surface area contributed by atoms with Gasteiger partial charge in [-0.05, 0) is 19.9 Å². The second-order valence-corrected chi connectivity index (χ2v) is 3.65. The molecule has 1 aliphatic heterocycles. The lowest BCUT2D eigenvalue weighted by Gasteiger charge is -2.28. The lowest BCUT2D eigenvalue weighted by Crippen LogP contribution is -2.45. The van der Waals surface area contributed by atoms with E-state index in [-0.39, 0.29) is 6.10 Å². The molecular formula is C10H21NO2. The highest BCUT2D eigenvalue weighted by Crippen LogP contribution is 2.20. The molecule has 78 valence electrons.